The summed E-state index contributed by atoms with van der Waals surface area (Å²) in [5.74, 6) is 0.497. The highest BCUT2D eigenvalue weighted by atomic mass is 35.5. The zero-order chi connectivity index (χ0) is 10.7. The summed E-state index contributed by atoms with van der Waals surface area (Å²) in [5.41, 5.74) is 2.31. The van der Waals surface area contributed by atoms with Crippen LogP contribution in [0.25, 0.3) is 0 Å². The van der Waals surface area contributed by atoms with E-state index in [9.17, 15) is 0 Å². The summed E-state index contributed by atoms with van der Waals surface area (Å²) in [7, 11) is 0. The fourth-order valence-corrected chi connectivity index (χ4v) is 1.88. The smallest absolute Gasteiger partial charge is 0.0954 e. The summed E-state index contributed by atoms with van der Waals surface area (Å²) < 4.78 is 2.10. The van der Waals surface area contributed by atoms with Crippen molar-refractivity contribution in [1.29, 1.82) is 0 Å². The van der Waals surface area contributed by atoms with Crippen LogP contribution in [0, 0.1) is 0 Å². The number of aromatic nitrogens is 2. The molecule has 0 N–H and O–H groups in total. The molecule has 0 saturated carbocycles. The fourth-order valence-electron chi connectivity index (χ4n) is 1.68. The first kappa shape index (κ1) is 13.1. The van der Waals surface area contributed by atoms with Crippen LogP contribution >= 0.6 is 24.0 Å². The van der Waals surface area contributed by atoms with E-state index < -0.39 is 0 Å². The molecule has 1 heterocycles. The molecule has 0 aliphatic carbocycles. The molecule has 0 amide bonds. The number of imidazole rings is 1. The Bertz CT molecular complexity index is 426. The van der Waals surface area contributed by atoms with Gasteiger partial charge in [0.2, 0.25) is 0 Å². The van der Waals surface area contributed by atoms with Gasteiger partial charge < -0.3 is 4.57 Å². The van der Waals surface area contributed by atoms with Gasteiger partial charge in [-0.3, -0.25) is 0 Å². The maximum atomic E-state index is 5.84. The third-order valence-corrected chi connectivity index (χ3v) is 2.86. The van der Waals surface area contributed by atoms with Gasteiger partial charge in [-0.05, 0) is 12.5 Å². The molecule has 4 heteroatoms. The summed E-state index contributed by atoms with van der Waals surface area (Å²) in [6, 6.07) is 10.6. The number of hydrogen-bond acceptors (Lipinski definition) is 1. The highest BCUT2D eigenvalue weighted by Crippen LogP contribution is 2.19. The van der Waals surface area contributed by atoms with E-state index in [-0.39, 0.29) is 18.4 Å². The van der Waals surface area contributed by atoms with E-state index in [2.05, 4.69) is 28.6 Å². The van der Waals surface area contributed by atoms with Gasteiger partial charge in [0.1, 0.15) is 0 Å². The molecular weight excluding hydrogens is 243 g/mol. The zero-order valence-corrected chi connectivity index (χ0v) is 10.6. The summed E-state index contributed by atoms with van der Waals surface area (Å²) >= 11 is 5.84. The van der Waals surface area contributed by atoms with Gasteiger partial charge in [0.15, 0.2) is 0 Å². The van der Waals surface area contributed by atoms with Crippen molar-refractivity contribution in [2.24, 2.45) is 0 Å². The molecule has 0 spiro atoms. The maximum absolute atomic E-state index is 5.84. The average molecular weight is 257 g/mol. The third kappa shape index (κ3) is 2.57. The van der Waals surface area contributed by atoms with Crippen molar-refractivity contribution in [2.45, 2.75) is 18.8 Å². The largest absolute Gasteiger partial charge is 0.326 e. The lowest BCUT2D eigenvalue weighted by molar-refractivity contribution is 0.620. The SMILES string of the molecule is C[C@H](c1ccccc1)n1cncc1CCl.Cl. The van der Waals surface area contributed by atoms with E-state index in [1.807, 2.05) is 30.7 Å². The van der Waals surface area contributed by atoms with Crippen LogP contribution in [-0.2, 0) is 5.88 Å². The molecule has 86 valence electrons. The van der Waals surface area contributed by atoms with Gasteiger partial charge in [0.25, 0.3) is 0 Å². The summed E-state index contributed by atoms with van der Waals surface area (Å²) in [6.45, 7) is 2.15. The Kier molecular flexibility index (Phi) is 4.84. The molecule has 1 atom stereocenters. The molecule has 2 aromatic rings. The van der Waals surface area contributed by atoms with E-state index in [1.54, 1.807) is 0 Å². The average Bonchev–Trinajstić information content (AvgIpc) is 2.77. The van der Waals surface area contributed by atoms with Crippen LogP contribution in [0.5, 0.6) is 0 Å². The number of halogens is 2. The van der Waals surface area contributed by atoms with Gasteiger partial charge in [-0.15, -0.1) is 24.0 Å². The van der Waals surface area contributed by atoms with Crippen molar-refractivity contribution in [3.05, 3.63) is 54.1 Å². The van der Waals surface area contributed by atoms with E-state index >= 15 is 0 Å². The zero-order valence-electron chi connectivity index (χ0n) is 9.01. The first-order chi connectivity index (χ1) is 7.33. The van der Waals surface area contributed by atoms with Gasteiger partial charge in [-0.25, -0.2) is 4.98 Å². The first-order valence-electron chi connectivity index (χ1n) is 4.94. The Morgan fingerprint density at radius 3 is 2.62 bits per heavy atom. The summed E-state index contributed by atoms with van der Waals surface area (Å²) in [6.07, 6.45) is 3.64. The monoisotopic (exact) mass is 256 g/mol. The van der Waals surface area contributed by atoms with Crippen molar-refractivity contribution in [3.63, 3.8) is 0 Å². The lowest BCUT2D eigenvalue weighted by Crippen LogP contribution is -2.07. The van der Waals surface area contributed by atoms with Gasteiger partial charge in [-0.1, -0.05) is 30.3 Å². The van der Waals surface area contributed by atoms with Crippen LogP contribution in [0.3, 0.4) is 0 Å². The standard InChI is InChI=1S/C12H13ClN2.ClH/c1-10(11-5-3-2-4-6-11)15-9-14-8-12(15)7-13;/h2-6,8-10H,7H2,1H3;1H/t10-;/m1./s1. The predicted molar refractivity (Wildman–Crippen MR) is 69.3 cm³/mol. The summed E-state index contributed by atoms with van der Waals surface area (Å²) in [4.78, 5) is 4.12. The van der Waals surface area contributed by atoms with E-state index in [4.69, 9.17) is 11.6 Å². The second-order valence-corrected chi connectivity index (χ2v) is 3.78. The van der Waals surface area contributed by atoms with Gasteiger partial charge in [-0.2, -0.15) is 0 Å². The summed E-state index contributed by atoms with van der Waals surface area (Å²) in [5, 5.41) is 0. The van der Waals surface area contributed by atoms with Crippen LogP contribution in [-0.4, -0.2) is 9.55 Å². The second kappa shape index (κ2) is 5.92. The highest BCUT2D eigenvalue weighted by Gasteiger charge is 2.09. The van der Waals surface area contributed by atoms with Crippen LogP contribution < -0.4 is 0 Å². The Morgan fingerprint density at radius 2 is 2.00 bits per heavy atom. The molecule has 0 aliphatic heterocycles. The highest BCUT2D eigenvalue weighted by molar-refractivity contribution is 6.16. The minimum Gasteiger partial charge on any atom is -0.326 e. The molecule has 0 saturated heterocycles. The number of alkyl halides is 1. The molecule has 0 radical (unpaired) electrons. The first-order valence-corrected chi connectivity index (χ1v) is 5.48. The Morgan fingerprint density at radius 1 is 1.31 bits per heavy atom. The molecule has 1 aromatic carbocycles. The molecule has 1 aromatic heterocycles. The lowest BCUT2D eigenvalue weighted by atomic mass is 10.1. The Labute approximate surface area is 107 Å². The van der Waals surface area contributed by atoms with Crippen molar-refractivity contribution >= 4 is 24.0 Å². The van der Waals surface area contributed by atoms with Gasteiger partial charge in [0, 0.05) is 6.20 Å². The van der Waals surface area contributed by atoms with Crippen molar-refractivity contribution < 1.29 is 0 Å². The minimum atomic E-state index is 0. The normalized spacial score (nSPS) is 11.9. The third-order valence-electron chi connectivity index (χ3n) is 2.58. The topological polar surface area (TPSA) is 17.8 Å². The van der Waals surface area contributed by atoms with Crippen molar-refractivity contribution in [2.75, 3.05) is 0 Å². The molecule has 0 fully saturated rings. The number of rotatable bonds is 3. The van der Waals surface area contributed by atoms with E-state index in [1.165, 1.54) is 5.56 Å². The van der Waals surface area contributed by atoms with E-state index in [0.717, 1.165) is 5.69 Å². The van der Waals surface area contributed by atoms with Crippen LogP contribution in [0.4, 0.5) is 0 Å². The number of hydrogen-bond donors (Lipinski definition) is 0. The van der Waals surface area contributed by atoms with Crippen molar-refractivity contribution in [1.82, 2.24) is 9.55 Å². The van der Waals surface area contributed by atoms with Crippen molar-refractivity contribution in [3.8, 4) is 0 Å². The second-order valence-electron chi connectivity index (χ2n) is 3.51. The molecular formula is C12H14Cl2N2. The molecule has 0 aliphatic rings. The predicted octanol–water partition coefficient (Wildman–Crippen LogP) is 3.65. The van der Waals surface area contributed by atoms with Crippen LogP contribution in [0.2, 0.25) is 0 Å². The lowest BCUT2D eigenvalue weighted by Gasteiger charge is -2.15. The maximum Gasteiger partial charge on any atom is 0.0954 e. The molecule has 16 heavy (non-hydrogen) atoms. The van der Waals surface area contributed by atoms with Gasteiger partial charge >= 0.3 is 0 Å². The van der Waals surface area contributed by atoms with Gasteiger partial charge in [0.05, 0.1) is 23.9 Å². The minimum absolute atomic E-state index is 0. The molecule has 0 unspecified atom stereocenters. The van der Waals surface area contributed by atoms with E-state index in [0.29, 0.717) is 5.88 Å². The van der Waals surface area contributed by atoms with Crippen LogP contribution in [0.15, 0.2) is 42.9 Å². The molecule has 0 bridgehead atoms. The number of nitrogens with zero attached hydrogens (tertiary/aromatic N) is 2. The van der Waals surface area contributed by atoms with Crippen LogP contribution in [0.1, 0.15) is 24.2 Å². The quantitative estimate of drug-likeness (QED) is 0.767. The Balaban J connectivity index is 0.00000128. The Hall–Kier alpha value is -0.990. The molecule has 2 rings (SSSR count). The fraction of sp³-hybridized carbons (Fsp3) is 0.250. The number of benzene rings is 1. The molecule has 2 nitrogen and oxygen atoms in total.